The number of ether oxygens (including phenoxy) is 1. The molecular formula is C13H16Cl2N4OS. The van der Waals surface area contributed by atoms with Crippen LogP contribution >= 0.6 is 35.4 Å². The predicted octanol–water partition coefficient (Wildman–Crippen LogP) is 4.09. The van der Waals surface area contributed by atoms with Crippen molar-refractivity contribution in [2.45, 2.75) is 26.8 Å². The van der Waals surface area contributed by atoms with Crippen LogP contribution in [-0.4, -0.2) is 21.5 Å². The first kappa shape index (κ1) is 16.1. The van der Waals surface area contributed by atoms with Gasteiger partial charge in [0.2, 0.25) is 4.77 Å². The minimum absolute atomic E-state index is 0.466. The van der Waals surface area contributed by atoms with Gasteiger partial charge in [0.1, 0.15) is 11.6 Å². The zero-order chi connectivity index (χ0) is 15.4. The molecule has 1 aromatic heterocycles. The molecule has 0 spiro atoms. The molecule has 0 saturated heterocycles. The predicted molar refractivity (Wildman–Crippen MR) is 87.5 cm³/mol. The van der Waals surface area contributed by atoms with Gasteiger partial charge in [0.05, 0.1) is 18.2 Å². The van der Waals surface area contributed by atoms with Crippen LogP contribution in [0.25, 0.3) is 0 Å². The topological polar surface area (TPSA) is 54.9 Å². The maximum absolute atomic E-state index is 6.21. The Morgan fingerprint density at radius 1 is 1.43 bits per heavy atom. The Kier molecular flexibility index (Phi) is 5.50. The summed E-state index contributed by atoms with van der Waals surface area (Å²) in [6.45, 7) is 4.95. The van der Waals surface area contributed by atoms with Crippen molar-refractivity contribution in [3.05, 3.63) is 38.3 Å². The molecule has 1 heterocycles. The number of rotatable bonds is 6. The third-order valence-electron chi connectivity index (χ3n) is 2.80. The molecule has 0 fully saturated rings. The van der Waals surface area contributed by atoms with Crippen molar-refractivity contribution in [3.8, 4) is 5.75 Å². The zero-order valence-electron chi connectivity index (χ0n) is 11.7. The van der Waals surface area contributed by atoms with Crippen molar-refractivity contribution >= 4 is 35.4 Å². The van der Waals surface area contributed by atoms with E-state index in [2.05, 4.69) is 15.6 Å². The van der Waals surface area contributed by atoms with Gasteiger partial charge < -0.3 is 10.2 Å². The van der Waals surface area contributed by atoms with E-state index >= 15 is 0 Å². The molecule has 0 aliphatic rings. The average Bonchev–Trinajstić information content (AvgIpc) is 2.74. The standard InChI is InChI=1S/C13H16Cl2N4OS/c1-3-4-20-12-9(5-10(14)6-11(12)15)7-16-19-8(2)17-18-13(19)21/h5-6,16H,3-4,7H2,1-2H3,(H,18,21). The number of H-pyrrole nitrogens is 1. The van der Waals surface area contributed by atoms with Crippen LogP contribution in [0.4, 0.5) is 0 Å². The number of aromatic amines is 1. The molecule has 0 aliphatic heterocycles. The van der Waals surface area contributed by atoms with E-state index < -0.39 is 0 Å². The lowest BCUT2D eigenvalue weighted by Gasteiger charge is -2.15. The van der Waals surface area contributed by atoms with E-state index in [1.165, 1.54) is 0 Å². The molecule has 0 saturated carbocycles. The molecule has 0 aliphatic carbocycles. The molecule has 2 aromatic rings. The largest absolute Gasteiger partial charge is 0.492 e. The van der Waals surface area contributed by atoms with Crippen molar-refractivity contribution in [2.24, 2.45) is 0 Å². The van der Waals surface area contributed by atoms with Gasteiger partial charge in [0.25, 0.3) is 0 Å². The first-order valence-electron chi connectivity index (χ1n) is 6.51. The maximum Gasteiger partial charge on any atom is 0.214 e. The molecule has 0 atom stereocenters. The van der Waals surface area contributed by atoms with Crippen LogP contribution in [0.1, 0.15) is 24.7 Å². The van der Waals surface area contributed by atoms with Crippen LogP contribution in [0.15, 0.2) is 12.1 Å². The Morgan fingerprint density at radius 3 is 2.81 bits per heavy atom. The van der Waals surface area contributed by atoms with Gasteiger partial charge in [-0.2, -0.15) is 5.10 Å². The molecule has 8 heteroatoms. The average molecular weight is 347 g/mol. The summed E-state index contributed by atoms with van der Waals surface area (Å²) in [7, 11) is 0. The zero-order valence-corrected chi connectivity index (χ0v) is 14.1. The fourth-order valence-corrected chi connectivity index (χ4v) is 2.67. The van der Waals surface area contributed by atoms with Gasteiger partial charge in [-0.1, -0.05) is 30.1 Å². The van der Waals surface area contributed by atoms with Crippen LogP contribution in [0, 0.1) is 11.7 Å². The van der Waals surface area contributed by atoms with E-state index in [9.17, 15) is 0 Å². The molecule has 0 bridgehead atoms. The summed E-state index contributed by atoms with van der Waals surface area (Å²) < 4.78 is 7.90. The minimum atomic E-state index is 0.466. The van der Waals surface area contributed by atoms with Crippen LogP contribution in [0.2, 0.25) is 10.0 Å². The second-order valence-corrected chi connectivity index (χ2v) is 5.70. The maximum atomic E-state index is 6.21. The molecule has 5 nitrogen and oxygen atoms in total. The summed E-state index contributed by atoms with van der Waals surface area (Å²) >= 11 is 17.4. The Bertz CT molecular complexity index is 683. The van der Waals surface area contributed by atoms with Crippen LogP contribution in [-0.2, 0) is 6.54 Å². The number of nitrogens with one attached hydrogen (secondary N) is 2. The van der Waals surface area contributed by atoms with Crippen LogP contribution in [0.5, 0.6) is 5.75 Å². The Morgan fingerprint density at radius 2 is 2.19 bits per heavy atom. The first-order chi connectivity index (χ1) is 10.0. The molecule has 114 valence electrons. The highest BCUT2D eigenvalue weighted by Crippen LogP contribution is 2.32. The molecule has 21 heavy (non-hydrogen) atoms. The highest BCUT2D eigenvalue weighted by atomic mass is 35.5. The molecule has 0 unspecified atom stereocenters. The normalized spacial score (nSPS) is 10.7. The fraction of sp³-hybridized carbons (Fsp3) is 0.385. The van der Waals surface area contributed by atoms with Gasteiger partial charge in [-0.25, -0.2) is 4.68 Å². The third-order valence-corrected chi connectivity index (χ3v) is 3.58. The van der Waals surface area contributed by atoms with Crippen molar-refractivity contribution in [1.29, 1.82) is 0 Å². The highest BCUT2D eigenvalue weighted by molar-refractivity contribution is 7.71. The van der Waals surface area contributed by atoms with Gasteiger partial charge in [0, 0.05) is 10.6 Å². The van der Waals surface area contributed by atoms with Crippen molar-refractivity contribution in [1.82, 2.24) is 14.9 Å². The summed E-state index contributed by atoms with van der Waals surface area (Å²) in [5, 5.41) is 7.81. The summed E-state index contributed by atoms with van der Waals surface area (Å²) in [4.78, 5) is 0. The monoisotopic (exact) mass is 346 g/mol. The SMILES string of the molecule is CCCOc1c(Cl)cc(Cl)cc1CNn1c(C)n[nH]c1=S. The highest BCUT2D eigenvalue weighted by Gasteiger charge is 2.11. The molecule has 2 rings (SSSR count). The molecule has 0 radical (unpaired) electrons. The van der Waals surface area contributed by atoms with Crippen molar-refractivity contribution in [3.63, 3.8) is 0 Å². The number of benzene rings is 1. The summed E-state index contributed by atoms with van der Waals surface area (Å²) in [5.74, 6) is 1.38. The molecule has 0 amide bonds. The number of hydrogen-bond acceptors (Lipinski definition) is 4. The summed E-state index contributed by atoms with van der Waals surface area (Å²) in [5.41, 5.74) is 4.03. The number of aromatic nitrogens is 3. The molecular weight excluding hydrogens is 331 g/mol. The quantitative estimate of drug-likeness (QED) is 0.773. The van der Waals surface area contributed by atoms with Gasteiger partial charge in [-0.15, -0.1) is 0 Å². The van der Waals surface area contributed by atoms with Crippen LogP contribution < -0.4 is 10.2 Å². The van der Waals surface area contributed by atoms with Gasteiger partial charge >= 0.3 is 0 Å². The van der Waals surface area contributed by atoms with E-state index in [4.69, 9.17) is 40.2 Å². The molecule has 2 N–H and O–H groups in total. The smallest absolute Gasteiger partial charge is 0.214 e. The van der Waals surface area contributed by atoms with Gasteiger partial charge in [0.15, 0.2) is 0 Å². The minimum Gasteiger partial charge on any atom is -0.492 e. The Labute approximate surface area is 138 Å². The summed E-state index contributed by atoms with van der Waals surface area (Å²) in [6.07, 6.45) is 0.901. The Hall–Kier alpha value is -1.24. The summed E-state index contributed by atoms with van der Waals surface area (Å²) in [6, 6.07) is 3.50. The second kappa shape index (κ2) is 7.15. The van der Waals surface area contributed by atoms with Crippen LogP contribution in [0.3, 0.4) is 0 Å². The van der Waals surface area contributed by atoms with Gasteiger partial charge in [-0.05, 0) is 37.7 Å². The fourth-order valence-electron chi connectivity index (χ4n) is 1.84. The third kappa shape index (κ3) is 3.90. The number of nitrogens with zero attached hydrogens (tertiary/aromatic N) is 2. The number of halogens is 2. The van der Waals surface area contributed by atoms with E-state index in [-0.39, 0.29) is 0 Å². The lowest BCUT2D eigenvalue weighted by molar-refractivity contribution is 0.314. The van der Waals surface area contributed by atoms with E-state index in [0.717, 1.165) is 17.8 Å². The van der Waals surface area contributed by atoms with Crippen molar-refractivity contribution in [2.75, 3.05) is 12.0 Å². The van der Waals surface area contributed by atoms with Crippen molar-refractivity contribution < 1.29 is 4.74 Å². The first-order valence-corrected chi connectivity index (χ1v) is 7.68. The second-order valence-electron chi connectivity index (χ2n) is 4.47. The van der Waals surface area contributed by atoms with Gasteiger partial charge in [-0.3, -0.25) is 5.10 Å². The molecule has 1 aromatic carbocycles. The lowest BCUT2D eigenvalue weighted by atomic mass is 10.2. The van der Waals surface area contributed by atoms with E-state index in [1.807, 2.05) is 19.9 Å². The number of hydrogen-bond donors (Lipinski definition) is 2. The lowest BCUT2D eigenvalue weighted by Crippen LogP contribution is -2.17. The van der Waals surface area contributed by atoms with E-state index in [1.54, 1.807) is 10.7 Å². The Balaban J connectivity index is 2.24. The van der Waals surface area contributed by atoms with E-state index in [0.29, 0.717) is 33.7 Å². The number of aryl methyl sites for hydroxylation is 1.